The first-order chi connectivity index (χ1) is 6.68. The monoisotopic (exact) mass is 192 g/mol. The van der Waals surface area contributed by atoms with Gasteiger partial charge in [-0.15, -0.1) is 0 Å². The molecule has 74 valence electrons. The van der Waals surface area contributed by atoms with Crippen molar-refractivity contribution in [3.63, 3.8) is 0 Å². The molecule has 2 rings (SSSR count). The van der Waals surface area contributed by atoms with Gasteiger partial charge in [-0.05, 0) is 25.8 Å². The third kappa shape index (κ3) is 1.69. The van der Waals surface area contributed by atoms with Gasteiger partial charge in [0.05, 0.1) is 11.8 Å². The van der Waals surface area contributed by atoms with Crippen LogP contribution in [0.25, 0.3) is 0 Å². The van der Waals surface area contributed by atoms with E-state index >= 15 is 0 Å². The maximum absolute atomic E-state index is 11.1. The second kappa shape index (κ2) is 3.29. The Kier molecular flexibility index (Phi) is 2.11. The van der Waals surface area contributed by atoms with Gasteiger partial charge >= 0.3 is 0 Å². The van der Waals surface area contributed by atoms with E-state index < -0.39 is 5.91 Å². The predicted octanol–water partition coefficient (Wildman–Crippen LogP) is 1.03. The molecule has 0 aliphatic heterocycles. The zero-order chi connectivity index (χ0) is 10.1. The van der Waals surface area contributed by atoms with E-state index in [1.165, 1.54) is 0 Å². The van der Waals surface area contributed by atoms with Crippen LogP contribution in [0.5, 0.6) is 5.75 Å². The topological polar surface area (TPSA) is 65.2 Å². The molecule has 1 aliphatic carbocycles. The van der Waals surface area contributed by atoms with Crippen LogP contribution in [0.4, 0.5) is 0 Å². The van der Waals surface area contributed by atoms with Gasteiger partial charge < -0.3 is 10.5 Å². The molecule has 1 saturated carbocycles. The van der Waals surface area contributed by atoms with Gasteiger partial charge in [-0.3, -0.25) is 9.78 Å². The van der Waals surface area contributed by atoms with E-state index in [2.05, 4.69) is 4.98 Å². The van der Waals surface area contributed by atoms with E-state index in [0.29, 0.717) is 17.0 Å². The zero-order valence-electron chi connectivity index (χ0n) is 7.99. The summed E-state index contributed by atoms with van der Waals surface area (Å²) in [4.78, 5) is 15.2. The predicted molar refractivity (Wildman–Crippen MR) is 51.1 cm³/mol. The average molecular weight is 192 g/mol. The first-order valence-electron chi connectivity index (χ1n) is 4.60. The van der Waals surface area contributed by atoms with Crippen LogP contribution in [-0.2, 0) is 0 Å². The van der Waals surface area contributed by atoms with Crippen LogP contribution in [-0.4, -0.2) is 17.0 Å². The van der Waals surface area contributed by atoms with Crippen LogP contribution in [0, 0.1) is 6.92 Å². The lowest BCUT2D eigenvalue weighted by Crippen LogP contribution is -2.16. The number of hydrogen-bond acceptors (Lipinski definition) is 3. The van der Waals surface area contributed by atoms with Crippen LogP contribution < -0.4 is 10.5 Å². The van der Waals surface area contributed by atoms with E-state index in [9.17, 15) is 4.79 Å². The fraction of sp³-hybridized carbons (Fsp3) is 0.400. The lowest BCUT2D eigenvalue weighted by molar-refractivity contribution is 0.0995. The van der Waals surface area contributed by atoms with Crippen molar-refractivity contribution >= 4 is 5.91 Å². The fourth-order valence-corrected chi connectivity index (χ4v) is 1.31. The highest BCUT2D eigenvalue weighted by molar-refractivity contribution is 5.96. The number of primary amides is 1. The summed E-state index contributed by atoms with van der Waals surface area (Å²) in [5, 5.41) is 0. The quantitative estimate of drug-likeness (QED) is 0.777. The maximum Gasteiger partial charge on any atom is 0.254 e. The molecule has 0 unspecified atom stereocenters. The molecule has 1 fully saturated rings. The lowest BCUT2D eigenvalue weighted by atomic mass is 10.2. The number of aryl methyl sites for hydroxylation is 1. The Hall–Kier alpha value is -1.58. The summed E-state index contributed by atoms with van der Waals surface area (Å²) in [7, 11) is 0. The lowest BCUT2D eigenvalue weighted by Gasteiger charge is -2.09. The molecular weight excluding hydrogens is 180 g/mol. The van der Waals surface area contributed by atoms with Gasteiger partial charge in [0.2, 0.25) is 0 Å². The highest BCUT2D eigenvalue weighted by Crippen LogP contribution is 2.29. The molecule has 4 nitrogen and oxygen atoms in total. The van der Waals surface area contributed by atoms with E-state index in [0.717, 1.165) is 12.8 Å². The molecule has 0 saturated heterocycles. The number of ether oxygens (including phenoxy) is 1. The number of amides is 1. The van der Waals surface area contributed by atoms with Gasteiger partial charge in [-0.1, -0.05) is 0 Å². The summed E-state index contributed by atoms with van der Waals surface area (Å²) < 4.78 is 5.56. The van der Waals surface area contributed by atoms with Crippen LogP contribution in [0.2, 0.25) is 0 Å². The van der Waals surface area contributed by atoms with Gasteiger partial charge in [0, 0.05) is 6.20 Å². The highest BCUT2D eigenvalue weighted by atomic mass is 16.5. The summed E-state index contributed by atoms with van der Waals surface area (Å²) in [5.74, 6) is 0.0822. The number of hydrogen-bond donors (Lipinski definition) is 1. The Morgan fingerprint density at radius 3 is 2.93 bits per heavy atom. The number of nitrogens with two attached hydrogens (primary N) is 1. The SMILES string of the molecule is Cc1nccc(OC2CC2)c1C(N)=O. The fourth-order valence-electron chi connectivity index (χ4n) is 1.31. The Morgan fingerprint density at radius 2 is 2.36 bits per heavy atom. The number of nitrogens with zero attached hydrogens (tertiary/aromatic N) is 1. The van der Waals surface area contributed by atoms with E-state index in [1.807, 2.05) is 0 Å². The van der Waals surface area contributed by atoms with Crippen molar-refractivity contribution in [3.8, 4) is 5.75 Å². The van der Waals surface area contributed by atoms with Crippen LogP contribution in [0.15, 0.2) is 12.3 Å². The number of rotatable bonds is 3. The Labute approximate surface area is 82.1 Å². The van der Waals surface area contributed by atoms with E-state index in [4.69, 9.17) is 10.5 Å². The summed E-state index contributed by atoms with van der Waals surface area (Å²) in [6, 6.07) is 1.69. The van der Waals surface area contributed by atoms with Crippen molar-refractivity contribution in [2.24, 2.45) is 5.73 Å². The molecule has 0 bridgehead atoms. The molecular formula is C10H12N2O2. The minimum Gasteiger partial charge on any atom is -0.489 e. The van der Waals surface area contributed by atoms with Crippen molar-refractivity contribution in [2.75, 3.05) is 0 Å². The molecule has 0 atom stereocenters. The standard InChI is InChI=1S/C10H12N2O2/c1-6-9(10(11)13)8(4-5-12-6)14-7-2-3-7/h4-5,7H,2-3H2,1H3,(H2,11,13). The molecule has 1 heterocycles. The van der Waals surface area contributed by atoms with Crippen molar-refractivity contribution in [1.29, 1.82) is 0 Å². The first kappa shape index (κ1) is 8.99. The summed E-state index contributed by atoms with van der Waals surface area (Å²) >= 11 is 0. The molecule has 1 amide bonds. The summed E-state index contributed by atoms with van der Waals surface area (Å²) in [6.45, 7) is 1.75. The van der Waals surface area contributed by atoms with Crippen LogP contribution in [0.3, 0.4) is 0 Å². The minimum absolute atomic E-state index is 0.259. The van der Waals surface area contributed by atoms with Crippen molar-refractivity contribution in [2.45, 2.75) is 25.9 Å². The number of carbonyl (C=O) groups excluding carboxylic acids is 1. The normalized spacial score (nSPS) is 15.2. The molecule has 1 aromatic heterocycles. The van der Waals surface area contributed by atoms with Crippen molar-refractivity contribution in [1.82, 2.24) is 4.98 Å². The summed E-state index contributed by atoms with van der Waals surface area (Å²) in [5.41, 5.74) is 6.28. The maximum atomic E-state index is 11.1. The van der Waals surface area contributed by atoms with Gasteiger partial charge in [0.1, 0.15) is 11.3 Å². The molecule has 0 radical (unpaired) electrons. The van der Waals surface area contributed by atoms with Gasteiger partial charge in [0.25, 0.3) is 5.91 Å². The van der Waals surface area contributed by atoms with Crippen LogP contribution >= 0.6 is 0 Å². The Morgan fingerprint density at radius 1 is 1.64 bits per heavy atom. The molecule has 0 spiro atoms. The second-order valence-electron chi connectivity index (χ2n) is 3.45. The smallest absolute Gasteiger partial charge is 0.254 e. The zero-order valence-corrected chi connectivity index (χ0v) is 7.99. The molecule has 1 aromatic rings. The van der Waals surface area contributed by atoms with E-state index in [-0.39, 0.29) is 6.10 Å². The van der Waals surface area contributed by atoms with Crippen LogP contribution in [0.1, 0.15) is 28.9 Å². The molecule has 4 heteroatoms. The van der Waals surface area contributed by atoms with E-state index in [1.54, 1.807) is 19.2 Å². The number of carbonyl (C=O) groups is 1. The van der Waals surface area contributed by atoms with Gasteiger partial charge in [-0.25, -0.2) is 0 Å². The first-order valence-corrected chi connectivity index (χ1v) is 4.60. The highest BCUT2D eigenvalue weighted by Gasteiger charge is 2.26. The molecule has 0 aromatic carbocycles. The number of aromatic nitrogens is 1. The third-order valence-corrected chi connectivity index (χ3v) is 2.17. The minimum atomic E-state index is -0.480. The Balaban J connectivity index is 2.35. The molecule has 14 heavy (non-hydrogen) atoms. The third-order valence-electron chi connectivity index (χ3n) is 2.17. The second-order valence-corrected chi connectivity index (χ2v) is 3.45. The van der Waals surface area contributed by atoms with Gasteiger partial charge in [-0.2, -0.15) is 0 Å². The molecule has 2 N–H and O–H groups in total. The average Bonchev–Trinajstić information content (AvgIpc) is 2.87. The van der Waals surface area contributed by atoms with Gasteiger partial charge in [0.15, 0.2) is 0 Å². The summed E-state index contributed by atoms with van der Waals surface area (Å²) in [6.07, 6.45) is 3.99. The molecule has 1 aliphatic rings. The van der Waals surface area contributed by atoms with Crippen molar-refractivity contribution < 1.29 is 9.53 Å². The Bertz CT molecular complexity index is 372. The van der Waals surface area contributed by atoms with Crippen molar-refractivity contribution in [3.05, 3.63) is 23.5 Å². The largest absolute Gasteiger partial charge is 0.489 e. The number of pyridine rings is 1.